The van der Waals surface area contributed by atoms with Gasteiger partial charge < -0.3 is 16.0 Å². The highest BCUT2D eigenvalue weighted by molar-refractivity contribution is 6.30. The minimum Gasteiger partial charge on any atom is -0.351 e. The predicted octanol–water partition coefficient (Wildman–Crippen LogP) is 3.28. The monoisotopic (exact) mass is 544 g/mol. The minimum atomic E-state index is -4.55. The van der Waals surface area contributed by atoms with Gasteiger partial charge >= 0.3 is 6.18 Å². The molecule has 0 unspecified atom stereocenters. The fourth-order valence-electron chi connectivity index (χ4n) is 3.95. The van der Waals surface area contributed by atoms with Crippen LogP contribution in [0.25, 0.3) is 0 Å². The Hall–Kier alpha value is -3.22. The number of hydrogen-bond donors (Lipinski definition) is 2. The van der Waals surface area contributed by atoms with Crippen molar-refractivity contribution in [3.8, 4) is 0 Å². The van der Waals surface area contributed by atoms with Gasteiger partial charge in [0.2, 0.25) is 18.2 Å². The molecule has 1 fully saturated rings. The lowest BCUT2D eigenvalue weighted by atomic mass is 9.78. The summed E-state index contributed by atoms with van der Waals surface area (Å²) in [5.74, 6) is -1.48. The van der Waals surface area contributed by atoms with Crippen molar-refractivity contribution in [1.29, 1.82) is 0 Å². The van der Waals surface area contributed by atoms with Crippen LogP contribution in [-0.2, 0) is 31.9 Å². The van der Waals surface area contributed by atoms with Gasteiger partial charge in [0.25, 0.3) is 0 Å². The van der Waals surface area contributed by atoms with Crippen molar-refractivity contribution in [3.63, 3.8) is 0 Å². The highest BCUT2D eigenvalue weighted by atomic mass is 35.5. The molecule has 2 aromatic rings. The van der Waals surface area contributed by atoms with Gasteiger partial charge in [-0.2, -0.15) is 18.2 Å². The molecule has 1 saturated heterocycles. The average Bonchev–Trinajstić information content (AvgIpc) is 2.89. The Kier molecular flexibility index (Phi) is 9.11. The molecule has 0 aromatic heterocycles. The number of likely N-dealkylation sites (tertiary alicyclic amines) is 1. The number of hydrogen-bond acceptors (Lipinski definition) is 5. The van der Waals surface area contributed by atoms with E-state index in [1.54, 1.807) is 0 Å². The number of piperidine rings is 1. The zero-order valence-electron chi connectivity index (χ0n) is 19.6. The topological polar surface area (TPSA) is 105 Å². The Morgan fingerprint density at radius 1 is 1.16 bits per heavy atom. The number of halogens is 5. The average molecular weight is 545 g/mol. The van der Waals surface area contributed by atoms with Crippen molar-refractivity contribution in [2.75, 3.05) is 31.3 Å². The lowest BCUT2D eigenvalue weighted by Crippen LogP contribution is -2.53. The summed E-state index contributed by atoms with van der Waals surface area (Å²) in [5, 5.41) is 3.29. The van der Waals surface area contributed by atoms with Crippen molar-refractivity contribution < 1.29 is 36.8 Å². The molecule has 1 aliphatic rings. The Bertz CT molecular complexity index is 1120. The first-order valence-electron chi connectivity index (χ1n) is 11.2. The second-order valence-corrected chi connectivity index (χ2v) is 8.92. The third-order valence-electron chi connectivity index (χ3n) is 6.23. The van der Waals surface area contributed by atoms with Crippen LogP contribution in [0.15, 0.2) is 42.5 Å². The number of nitrogens with zero attached hydrogens (tertiary/aromatic N) is 2. The molecule has 2 aromatic carbocycles. The van der Waals surface area contributed by atoms with Gasteiger partial charge in [0.05, 0.1) is 34.8 Å². The van der Waals surface area contributed by atoms with Crippen LogP contribution in [-0.4, -0.2) is 49.4 Å². The molecule has 13 heteroatoms. The zero-order valence-corrected chi connectivity index (χ0v) is 20.3. The first-order valence-corrected chi connectivity index (χ1v) is 11.6. The van der Waals surface area contributed by atoms with Crippen LogP contribution >= 0.6 is 11.6 Å². The standard InChI is InChI=1S/C24H25ClF4N4O4/c25-19-3-1-2-16(21(19)26)13-31-22(36)23(8-10-32(11-9-23)20(35)12-30)14-37-33(15-34)18-6-4-17(5-7-18)24(27,28)29/h1-7,15H,8-14,30H2,(H,31,36). The summed E-state index contributed by atoms with van der Waals surface area (Å²) in [6.45, 7) is -0.341. The number of hydroxylamine groups is 1. The highest BCUT2D eigenvalue weighted by Gasteiger charge is 2.43. The second-order valence-electron chi connectivity index (χ2n) is 8.51. The molecule has 8 nitrogen and oxygen atoms in total. The zero-order chi connectivity index (χ0) is 27.2. The summed E-state index contributed by atoms with van der Waals surface area (Å²) in [6.07, 6.45) is -4.00. The van der Waals surface area contributed by atoms with E-state index in [1.165, 1.54) is 23.1 Å². The van der Waals surface area contributed by atoms with Crippen LogP contribution in [0.4, 0.5) is 23.2 Å². The molecular formula is C24H25ClF4N4O4. The number of carbonyl (C=O) groups excluding carboxylic acids is 3. The molecule has 0 bridgehead atoms. The maximum absolute atomic E-state index is 14.3. The molecule has 1 heterocycles. The second kappa shape index (κ2) is 11.9. The highest BCUT2D eigenvalue weighted by Crippen LogP contribution is 2.34. The van der Waals surface area contributed by atoms with Crippen LogP contribution in [0.3, 0.4) is 0 Å². The lowest BCUT2D eigenvalue weighted by molar-refractivity contribution is -0.145. The first-order chi connectivity index (χ1) is 17.5. The normalized spacial score (nSPS) is 15.2. The SMILES string of the molecule is NCC(=O)N1CCC(CON(C=O)c2ccc(C(F)(F)F)cc2)(C(=O)NCc2cccc(Cl)c2F)CC1. The Labute approximate surface area is 215 Å². The van der Waals surface area contributed by atoms with Crippen molar-refractivity contribution in [1.82, 2.24) is 10.2 Å². The maximum Gasteiger partial charge on any atom is 0.416 e. The molecule has 3 rings (SSSR count). The van der Waals surface area contributed by atoms with Gasteiger partial charge in [0, 0.05) is 25.2 Å². The van der Waals surface area contributed by atoms with E-state index < -0.39 is 28.9 Å². The Balaban J connectivity index is 1.76. The van der Waals surface area contributed by atoms with E-state index in [4.69, 9.17) is 22.2 Å². The third-order valence-corrected chi connectivity index (χ3v) is 6.52. The van der Waals surface area contributed by atoms with Gasteiger partial charge in [-0.15, -0.1) is 0 Å². The molecule has 0 saturated carbocycles. The lowest BCUT2D eigenvalue weighted by Gasteiger charge is -2.40. The van der Waals surface area contributed by atoms with Crippen molar-refractivity contribution in [2.24, 2.45) is 11.1 Å². The van der Waals surface area contributed by atoms with Gasteiger partial charge in [-0.1, -0.05) is 23.7 Å². The fraction of sp³-hybridized carbons (Fsp3) is 0.375. The summed E-state index contributed by atoms with van der Waals surface area (Å²) in [5.41, 5.74) is 3.48. The van der Waals surface area contributed by atoms with Crippen molar-refractivity contribution in [3.05, 3.63) is 64.4 Å². The number of rotatable bonds is 9. The number of alkyl halides is 3. The molecule has 0 aliphatic carbocycles. The van der Waals surface area contributed by atoms with Crippen LogP contribution < -0.4 is 16.1 Å². The van der Waals surface area contributed by atoms with Gasteiger partial charge in [-0.3, -0.25) is 19.2 Å². The van der Waals surface area contributed by atoms with E-state index in [9.17, 15) is 31.9 Å². The summed E-state index contributed by atoms with van der Waals surface area (Å²) in [4.78, 5) is 44.1. The van der Waals surface area contributed by atoms with Gasteiger partial charge in [-0.25, -0.2) is 4.39 Å². The van der Waals surface area contributed by atoms with E-state index in [1.807, 2.05) is 0 Å². The summed E-state index contributed by atoms with van der Waals surface area (Å²) in [6, 6.07) is 8.10. The number of anilines is 1. The number of carbonyl (C=O) groups is 3. The predicted molar refractivity (Wildman–Crippen MR) is 126 cm³/mol. The quantitative estimate of drug-likeness (QED) is 0.286. The smallest absolute Gasteiger partial charge is 0.351 e. The van der Waals surface area contributed by atoms with Crippen molar-refractivity contribution in [2.45, 2.75) is 25.6 Å². The van der Waals surface area contributed by atoms with Crippen LogP contribution in [0, 0.1) is 11.2 Å². The van der Waals surface area contributed by atoms with Gasteiger partial charge in [0.1, 0.15) is 5.82 Å². The van der Waals surface area contributed by atoms with Crippen LogP contribution in [0.5, 0.6) is 0 Å². The maximum atomic E-state index is 14.3. The molecule has 200 valence electrons. The van der Waals surface area contributed by atoms with E-state index in [0.717, 1.165) is 29.3 Å². The Morgan fingerprint density at radius 2 is 1.81 bits per heavy atom. The van der Waals surface area contributed by atoms with Gasteiger partial charge in [0.15, 0.2) is 0 Å². The molecule has 37 heavy (non-hydrogen) atoms. The van der Waals surface area contributed by atoms with Crippen molar-refractivity contribution >= 4 is 35.5 Å². The number of amides is 3. The van der Waals surface area contributed by atoms with Crippen LogP contribution in [0.1, 0.15) is 24.0 Å². The molecule has 0 radical (unpaired) electrons. The first kappa shape index (κ1) is 28.4. The molecule has 3 N–H and O–H groups in total. The van der Waals surface area contributed by atoms with E-state index in [-0.39, 0.29) is 74.2 Å². The molecule has 3 amide bonds. The molecule has 0 spiro atoms. The number of nitrogens with two attached hydrogens (primary N) is 1. The van der Waals surface area contributed by atoms with Crippen LogP contribution in [0.2, 0.25) is 5.02 Å². The molecule has 0 atom stereocenters. The summed E-state index contributed by atoms with van der Waals surface area (Å²) >= 11 is 5.80. The third kappa shape index (κ3) is 6.76. The van der Waals surface area contributed by atoms with E-state index >= 15 is 0 Å². The molecular weight excluding hydrogens is 520 g/mol. The summed E-state index contributed by atoms with van der Waals surface area (Å²) in [7, 11) is 0. The fourth-order valence-corrected chi connectivity index (χ4v) is 4.15. The van der Waals surface area contributed by atoms with E-state index in [0.29, 0.717) is 0 Å². The molecule has 1 aliphatic heterocycles. The van der Waals surface area contributed by atoms with E-state index in [2.05, 4.69) is 5.32 Å². The number of nitrogens with one attached hydrogen (secondary N) is 1. The largest absolute Gasteiger partial charge is 0.416 e. The minimum absolute atomic E-state index is 0.0234. The number of benzene rings is 2. The Morgan fingerprint density at radius 3 is 2.38 bits per heavy atom. The van der Waals surface area contributed by atoms with Gasteiger partial charge in [-0.05, 0) is 43.2 Å². The summed E-state index contributed by atoms with van der Waals surface area (Å²) < 4.78 is 52.9.